The molecule has 1 heterocycles. The van der Waals surface area contributed by atoms with Crippen molar-refractivity contribution in [3.05, 3.63) is 38.3 Å². The Morgan fingerprint density at radius 2 is 2.21 bits per heavy atom. The number of hydrogen-bond donors (Lipinski definition) is 0. The van der Waals surface area contributed by atoms with Gasteiger partial charge in [-0.05, 0) is 29.7 Å². The molecular weight excluding hydrogens is 350 g/mol. The van der Waals surface area contributed by atoms with Crippen LogP contribution in [0.1, 0.15) is 35.0 Å². The molecule has 19 heavy (non-hydrogen) atoms. The zero-order valence-corrected chi connectivity index (χ0v) is 13.5. The largest absolute Gasteiger partial charge is 0.431 e. The first-order valence-corrected chi connectivity index (χ1v) is 7.58. The van der Waals surface area contributed by atoms with Crippen molar-refractivity contribution in [3.8, 4) is 10.9 Å². The highest BCUT2D eigenvalue weighted by atomic mass is 79.9. The number of benzene rings is 1. The third-order valence-corrected chi connectivity index (χ3v) is 4.24. The molecule has 100 valence electrons. The fraction of sp³-hybridized carbons (Fsp3) is 0.231. The standard InChI is InChI=1S/C13H11BrClNO2S/c1-7(2)9-5-8(14)3-4-10(9)18-13-16-12(15)11(6-17)19-13/h3-7H,1-2H3. The van der Waals surface area contributed by atoms with Crippen molar-refractivity contribution in [3.63, 3.8) is 0 Å². The Bertz CT molecular complexity index is 613. The van der Waals surface area contributed by atoms with E-state index in [4.69, 9.17) is 16.3 Å². The van der Waals surface area contributed by atoms with Crippen molar-refractivity contribution in [2.24, 2.45) is 0 Å². The zero-order valence-electron chi connectivity index (χ0n) is 10.3. The van der Waals surface area contributed by atoms with Crippen LogP contribution in [0.4, 0.5) is 0 Å². The minimum Gasteiger partial charge on any atom is -0.431 e. The Hall–Kier alpha value is -0.910. The lowest BCUT2D eigenvalue weighted by molar-refractivity contribution is 0.112. The Morgan fingerprint density at radius 1 is 1.47 bits per heavy atom. The van der Waals surface area contributed by atoms with E-state index in [1.54, 1.807) is 0 Å². The number of carbonyl (C=O) groups excluding carboxylic acids is 1. The smallest absolute Gasteiger partial charge is 0.280 e. The Labute approximate surface area is 128 Å². The van der Waals surface area contributed by atoms with Crippen LogP contribution in [-0.4, -0.2) is 11.3 Å². The predicted octanol–water partition coefficient (Wildman–Crippen LogP) is 5.29. The third-order valence-electron chi connectivity index (χ3n) is 2.49. The number of ether oxygens (including phenoxy) is 1. The molecule has 0 radical (unpaired) electrons. The number of rotatable bonds is 4. The van der Waals surface area contributed by atoms with Gasteiger partial charge in [-0.25, -0.2) is 0 Å². The van der Waals surface area contributed by atoms with E-state index < -0.39 is 0 Å². The van der Waals surface area contributed by atoms with Gasteiger partial charge < -0.3 is 4.74 Å². The first kappa shape index (κ1) is 14.5. The lowest BCUT2D eigenvalue weighted by atomic mass is 10.0. The molecule has 3 nitrogen and oxygen atoms in total. The van der Waals surface area contributed by atoms with E-state index in [2.05, 4.69) is 34.8 Å². The van der Waals surface area contributed by atoms with E-state index in [0.29, 0.717) is 22.3 Å². The van der Waals surface area contributed by atoms with Gasteiger partial charge in [-0.2, -0.15) is 4.98 Å². The maximum Gasteiger partial charge on any atom is 0.280 e. The molecule has 2 aromatic rings. The normalized spacial score (nSPS) is 10.8. The van der Waals surface area contributed by atoms with Crippen LogP contribution in [0.15, 0.2) is 22.7 Å². The minimum atomic E-state index is 0.179. The van der Waals surface area contributed by atoms with Gasteiger partial charge in [-0.15, -0.1) is 0 Å². The summed E-state index contributed by atoms with van der Waals surface area (Å²) in [6.07, 6.45) is 0.678. The van der Waals surface area contributed by atoms with Crippen LogP contribution in [0.2, 0.25) is 5.15 Å². The molecule has 0 unspecified atom stereocenters. The van der Waals surface area contributed by atoms with Crippen molar-refractivity contribution in [2.75, 3.05) is 0 Å². The molecule has 0 aliphatic heterocycles. The van der Waals surface area contributed by atoms with Gasteiger partial charge in [0.05, 0.1) is 0 Å². The molecular formula is C13H11BrClNO2S. The van der Waals surface area contributed by atoms with Crippen molar-refractivity contribution in [2.45, 2.75) is 19.8 Å². The van der Waals surface area contributed by atoms with Gasteiger partial charge in [0.1, 0.15) is 10.6 Å². The molecule has 6 heteroatoms. The maximum absolute atomic E-state index is 10.7. The average Bonchev–Trinajstić information content (AvgIpc) is 2.71. The zero-order chi connectivity index (χ0) is 14.0. The molecule has 0 saturated carbocycles. The van der Waals surface area contributed by atoms with Gasteiger partial charge in [-0.1, -0.05) is 52.7 Å². The van der Waals surface area contributed by atoms with Gasteiger partial charge >= 0.3 is 0 Å². The van der Waals surface area contributed by atoms with Gasteiger partial charge in [0.15, 0.2) is 11.4 Å². The molecule has 0 atom stereocenters. The van der Waals surface area contributed by atoms with Crippen molar-refractivity contribution in [1.82, 2.24) is 4.98 Å². The van der Waals surface area contributed by atoms with Gasteiger partial charge in [0, 0.05) is 4.47 Å². The second-order valence-corrected chi connectivity index (χ2v) is 6.46. The van der Waals surface area contributed by atoms with Crippen molar-refractivity contribution in [1.29, 1.82) is 0 Å². The van der Waals surface area contributed by atoms with Gasteiger partial charge in [0.2, 0.25) is 0 Å². The number of aldehydes is 1. The van der Waals surface area contributed by atoms with E-state index in [9.17, 15) is 4.79 Å². The lowest BCUT2D eigenvalue weighted by Crippen LogP contribution is -1.93. The lowest BCUT2D eigenvalue weighted by Gasteiger charge is -2.12. The van der Waals surface area contributed by atoms with E-state index >= 15 is 0 Å². The number of hydrogen-bond acceptors (Lipinski definition) is 4. The van der Waals surface area contributed by atoms with Crippen LogP contribution in [0.5, 0.6) is 10.9 Å². The summed E-state index contributed by atoms with van der Waals surface area (Å²) in [5.41, 5.74) is 1.06. The number of nitrogens with zero attached hydrogens (tertiary/aromatic N) is 1. The molecule has 0 aliphatic rings. The summed E-state index contributed by atoms with van der Waals surface area (Å²) in [6.45, 7) is 4.17. The first-order chi connectivity index (χ1) is 9.01. The average molecular weight is 361 g/mol. The van der Waals surface area contributed by atoms with Crippen LogP contribution >= 0.6 is 38.9 Å². The summed E-state index contributed by atoms with van der Waals surface area (Å²) in [7, 11) is 0. The summed E-state index contributed by atoms with van der Waals surface area (Å²) in [6, 6.07) is 5.78. The predicted molar refractivity (Wildman–Crippen MR) is 80.8 cm³/mol. The SMILES string of the molecule is CC(C)c1cc(Br)ccc1Oc1nc(Cl)c(C=O)s1. The molecule has 0 spiro atoms. The van der Waals surface area contributed by atoms with Gasteiger partial charge in [-0.3, -0.25) is 4.79 Å². The van der Waals surface area contributed by atoms with Crippen LogP contribution in [0.25, 0.3) is 0 Å². The Balaban J connectivity index is 2.34. The molecule has 0 amide bonds. The summed E-state index contributed by atoms with van der Waals surface area (Å²) < 4.78 is 6.73. The van der Waals surface area contributed by atoms with E-state index in [0.717, 1.165) is 27.1 Å². The van der Waals surface area contributed by atoms with Crippen LogP contribution in [-0.2, 0) is 0 Å². The molecule has 1 aromatic heterocycles. The highest BCUT2D eigenvalue weighted by molar-refractivity contribution is 9.10. The Morgan fingerprint density at radius 3 is 2.79 bits per heavy atom. The quantitative estimate of drug-likeness (QED) is 0.696. The van der Waals surface area contributed by atoms with Crippen LogP contribution < -0.4 is 4.74 Å². The summed E-state index contributed by atoms with van der Waals surface area (Å²) in [5, 5.41) is 0.550. The molecule has 0 bridgehead atoms. The van der Waals surface area contributed by atoms with Gasteiger partial charge in [0.25, 0.3) is 5.19 Å². The van der Waals surface area contributed by atoms with Crippen LogP contribution in [0.3, 0.4) is 0 Å². The molecule has 0 saturated heterocycles. The Kier molecular flexibility index (Phi) is 4.60. The van der Waals surface area contributed by atoms with Crippen LogP contribution in [0, 0.1) is 0 Å². The van der Waals surface area contributed by atoms with E-state index in [-0.39, 0.29) is 5.15 Å². The fourth-order valence-electron chi connectivity index (χ4n) is 1.57. The molecule has 0 N–H and O–H groups in total. The number of carbonyl (C=O) groups is 1. The number of aromatic nitrogens is 1. The monoisotopic (exact) mass is 359 g/mol. The maximum atomic E-state index is 10.7. The highest BCUT2D eigenvalue weighted by Crippen LogP contribution is 2.36. The summed E-state index contributed by atoms with van der Waals surface area (Å²) in [4.78, 5) is 15.1. The molecule has 2 rings (SSSR count). The molecule has 0 fully saturated rings. The van der Waals surface area contributed by atoms with Crippen molar-refractivity contribution >= 4 is 45.2 Å². The fourth-order valence-corrected chi connectivity index (χ4v) is 2.87. The number of halogens is 2. The summed E-state index contributed by atoms with van der Waals surface area (Å²) in [5.74, 6) is 1.04. The third kappa shape index (κ3) is 3.35. The molecule has 0 aliphatic carbocycles. The minimum absolute atomic E-state index is 0.179. The summed E-state index contributed by atoms with van der Waals surface area (Å²) >= 11 is 10.4. The molecule has 1 aromatic carbocycles. The topological polar surface area (TPSA) is 39.2 Å². The second-order valence-electron chi connectivity index (χ2n) is 4.19. The highest BCUT2D eigenvalue weighted by Gasteiger charge is 2.14. The van der Waals surface area contributed by atoms with E-state index in [1.807, 2.05) is 18.2 Å². The number of thiazole rings is 1. The van der Waals surface area contributed by atoms with E-state index in [1.165, 1.54) is 0 Å². The first-order valence-electron chi connectivity index (χ1n) is 5.60. The van der Waals surface area contributed by atoms with Crippen molar-refractivity contribution < 1.29 is 9.53 Å². The second kappa shape index (κ2) is 6.03.